The van der Waals surface area contributed by atoms with Gasteiger partial charge in [-0.05, 0) is 35.2 Å². The van der Waals surface area contributed by atoms with Crippen LogP contribution in [0.3, 0.4) is 0 Å². The summed E-state index contributed by atoms with van der Waals surface area (Å²) in [5, 5.41) is 2.81. The summed E-state index contributed by atoms with van der Waals surface area (Å²) in [4.78, 5) is 12.4. The Labute approximate surface area is 120 Å². The number of para-hydroxylation sites is 1. The highest BCUT2D eigenvalue weighted by atomic mass is 32.2. The lowest BCUT2D eigenvalue weighted by atomic mass is 9.91. The van der Waals surface area contributed by atoms with Gasteiger partial charge in [0.1, 0.15) is 5.82 Å². The lowest BCUT2D eigenvalue weighted by Crippen LogP contribution is -2.28. The number of fused-ring (bicyclic) bond motifs is 1. The first kappa shape index (κ1) is 13.0. The number of halogens is 1. The van der Waals surface area contributed by atoms with Gasteiger partial charge in [-0.15, -0.1) is 0 Å². The summed E-state index contributed by atoms with van der Waals surface area (Å²) in [5.74, 6) is -0.365. The minimum atomic E-state index is -0.254. The molecule has 1 unspecified atom stereocenters. The van der Waals surface area contributed by atoms with Gasteiger partial charge < -0.3 is 5.32 Å². The zero-order valence-electron chi connectivity index (χ0n) is 10.8. The van der Waals surface area contributed by atoms with E-state index in [4.69, 9.17) is 0 Å². The summed E-state index contributed by atoms with van der Waals surface area (Å²) in [5.41, 5.74) is 2.30. The molecule has 0 bridgehead atoms. The summed E-state index contributed by atoms with van der Waals surface area (Å²) in [6.07, 6.45) is 0. The number of anilines is 1. The van der Waals surface area contributed by atoms with Crippen molar-refractivity contribution in [3.63, 3.8) is 0 Å². The maximum Gasteiger partial charge on any atom is 0.329 e. The van der Waals surface area contributed by atoms with Crippen LogP contribution >= 0.6 is 11.9 Å². The standard InChI is InChI=1S/C15H13FN2OS/c1-9(10-5-2-3-7-12(10)16)11-6-4-8-13-14(11)17-15(19)18-20-13/h2-9H,1H3,(H2,17,18,19). The Balaban J connectivity index is 2.07. The maximum absolute atomic E-state index is 13.9. The van der Waals surface area contributed by atoms with Gasteiger partial charge in [0, 0.05) is 5.92 Å². The normalized spacial score (nSPS) is 15.0. The van der Waals surface area contributed by atoms with Crippen LogP contribution in [-0.2, 0) is 0 Å². The Bertz CT molecular complexity index is 675. The molecule has 0 saturated carbocycles. The first-order valence-corrected chi connectivity index (χ1v) is 7.09. The van der Waals surface area contributed by atoms with Gasteiger partial charge in [0.05, 0.1) is 10.6 Å². The number of nitrogens with one attached hydrogen (secondary N) is 2. The number of carbonyl (C=O) groups excluding carboxylic acids is 1. The summed E-state index contributed by atoms with van der Waals surface area (Å²) >= 11 is 1.27. The number of hydrogen-bond acceptors (Lipinski definition) is 2. The predicted octanol–water partition coefficient (Wildman–Crippen LogP) is 4.12. The zero-order valence-corrected chi connectivity index (χ0v) is 11.6. The molecule has 2 aromatic carbocycles. The van der Waals surface area contributed by atoms with E-state index in [1.54, 1.807) is 12.1 Å². The van der Waals surface area contributed by atoms with E-state index in [1.165, 1.54) is 18.0 Å². The van der Waals surface area contributed by atoms with Crippen molar-refractivity contribution in [2.45, 2.75) is 17.7 Å². The van der Waals surface area contributed by atoms with Crippen molar-refractivity contribution in [1.82, 2.24) is 4.72 Å². The molecule has 2 N–H and O–H groups in total. The van der Waals surface area contributed by atoms with Crippen molar-refractivity contribution < 1.29 is 9.18 Å². The van der Waals surface area contributed by atoms with Gasteiger partial charge in [0.15, 0.2) is 0 Å². The summed E-state index contributed by atoms with van der Waals surface area (Å²) in [7, 11) is 0. The van der Waals surface area contributed by atoms with E-state index in [0.29, 0.717) is 5.56 Å². The van der Waals surface area contributed by atoms with Crippen LogP contribution in [0.15, 0.2) is 47.4 Å². The second kappa shape index (κ2) is 5.17. The fraction of sp³-hybridized carbons (Fsp3) is 0.133. The molecule has 1 atom stereocenters. The fourth-order valence-corrected chi connectivity index (χ4v) is 3.03. The highest BCUT2D eigenvalue weighted by Gasteiger charge is 2.22. The van der Waals surface area contributed by atoms with Crippen LogP contribution < -0.4 is 10.0 Å². The van der Waals surface area contributed by atoms with E-state index in [0.717, 1.165) is 16.1 Å². The molecule has 1 aliphatic rings. The van der Waals surface area contributed by atoms with Gasteiger partial charge in [0.25, 0.3) is 0 Å². The van der Waals surface area contributed by atoms with Crippen LogP contribution in [-0.4, -0.2) is 6.03 Å². The molecule has 0 fully saturated rings. The number of rotatable bonds is 2. The second-order valence-corrected chi connectivity index (χ2v) is 5.47. The summed E-state index contributed by atoms with van der Waals surface area (Å²) in [6, 6.07) is 12.2. The van der Waals surface area contributed by atoms with E-state index < -0.39 is 0 Å². The third kappa shape index (κ3) is 2.25. The van der Waals surface area contributed by atoms with E-state index >= 15 is 0 Å². The Kier molecular flexibility index (Phi) is 3.36. The van der Waals surface area contributed by atoms with Crippen LogP contribution in [0.2, 0.25) is 0 Å². The Morgan fingerprint density at radius 2 is 1.85 bits per heavy atom. The molecule has 0 aromatic heterocycles. The topological polar surface area (TPSA) is 41.1 Å². The first-order chi connectivity index (χ1) is 9.66. The monoisotopic (exact) mass is 288 g/mol. The van der Waals surface area contributed by atoms with Crippen molar-refractivity contribution in [3.05, 3.63) is 59.4 Å². The molecule has 102 valence electrons. The van der Waals surface area contributed by atoms with Crippen molar-refractivity contribution in [2.75, 3.05) is 5.32 Å². The molecule has 5 heteroatoms. The quantitative estimate of drug-likeness (QED) is 0.816. The molecule has 3 rings (SSSR count). The molecule has 0 radical (unpaired) electrons. The van der Waals surface area contributed by atoms with Gasteiger partial charge >= 0.3 is 6.03 Å². The maximum atomic E-state index is 13.9. The fourth-order valence-electron chi connectivity index (χ4n) is 2.36. The van der Waals surface area contributed by atoms with Gasteiger partial charge in [-0.2, -0.15) is 0 Å². The molecule has 2 aromatic rings. The number of amides is 2. The van der Waals surface area contributed by atoms with Crippen LogP contribution in [0, 0.1) is 5.82 Å². The van der Waals surface area contributed by atoms with Crippen molar-refractivity contribution in [1.29, 1.82) is 0 Å². The van der Waals surface area contributed by atoms with Crippen LogP contribution in [0.4, 0.5) is 14.9 Å². The Morgan fingerprint density at radius 1 is 1.10 bits per heavy atom. The highest BCUT2D eigenvalue weighted by molar-refractivity contribution is 7.98. The lowest BCUT2D eigenvalue weighted by Gasteiger charge is -2.23. The molecule has 0 saturated heterocycles. The minimum Gasteiger partial charge on any atom is -0.306 e. The number of benzene rings is 2. The van der Waals surface area contributed by atoms with E-state index in [2.05, 4.69) is 10.0 Å². The zero-order chi connectivity index (χ0) is 14.1. The number of urea groups is 1. The SMILES string of the molecule is CC(c1ccccc1F)c1cccc2c1NC(=O)NS2. The number of carbonyl (C=O) groups is 1. The van der Waals surface area contributed by atoms with E-state index in [9.17, 15) is 9.18 Å². The van der Waals surface area contributed by atoms with Crippen LogP contribution in [0.5, 0.6) is 0 Å². The molecular formula is C15H13FN2OS. The molecule has 2 amide bonds. The smallest absolute Gasteiger partial charge is 0.306 e. The van der Waals surface area contributed by atoms with Crippen molar-refractivity contribution in [2.24, 2.45) is 0 Å². The average molecular weight is 288 g/mol. The van der Waals surface area contributed by atoms with Crippen molar-refractivity contribution in [3.8, 4) is 0 Å². The lowest BCUT2D eigenvalue weighted by molar-refractivity contribution is 0.257. The molecule has 1 heterocycles. The Hall–Kier alpha value is -2.01. The second-order valence-electron chi connectivity index (χ2n) is 4.62. The van der Waals surface area contributed by atoms with Gasteiger partial charge in [-0.1, -0.05) is 37.3 Å². The minimum absolute atomic E-state index is 0.134. The van der Waals surface area contributed by atoms with E-state index in [-0.39, 0.29) is 17.8 Å². The van der Waals surface area contributed by atoms with Gasteiger partial charge in [-0.25, -0.2) is 9.18 Å². The number of hydrogen-bond donors (Lipinski definition) is 2. The third-order valence-corrected chi connectivity index (χ3v) is 4.24. The molecule has 0 spiro atoms. The van der Waals surface area contributed by atoms with E-state index in [1.807, 2.05) is 31.2 Å². The molecule has 1 aliphatic heterocycles. The average Bonchev–Trinajstić information content (AvgIpc) is 2.46. The highest BCUT2D eigenvalue weighted by Crippen LogP contribution is 2.38. The first-order valence-electron chi connectivity index (χ1n) is 6.28. The Morgan fingerprint density at radius 3 is 2.65 bits per heavy atom. The molecule has 0 aliphatic carbocycles. The van der Waals surface area contributed by atoms with Crippen molar-refractivity contribution >= 4 is 23.7 Å². The third-order valence-electron chi connectivity index (χ3n) is 3.39. The molecule has 20 heavy (non-hydrogen) atoms. The van der Waals surface area contributed by atoms with Gasteiger partial charge in [0.2, 0.25) is 0 Å². The summed E-state index contributed by atoms with van der Waals surface area (Å²) < 4.78 is 16.6. The molecule has 3 nitrogen and oxygen atoms in total. The molecular weight excluding hydrogens is 275 g/mol. The summed E-state index contributed by atoms with van der Waals surface area (Å²) in [6.45, 7) is 1.94. The van der Waals surface area contributed by atoms with Crippen LogP contribution in [0.25, 0.3) is 0 Å². The largest absolute Gasteiger partial charge is 0.329 e. The van der Waals surface area contributed by atoms with Crippen LogP contribution in [0.1, 0.15) is 24.0 Å². The predicted molar refractivity (Wildman–Crippen MR) is 78.4 cm³/mol. The van der Waals surface area contributed by atoms with Gasteiger partial charge in [-0.3, -0.25) is 4.72 Å².